The highest BCUT2D eigenvalue weighted by Gasteiger charge is 2.25. The number of rotatable bonds is 7. The standard InChI is InChI=1S/C23H23NO4S/c1-17(2)29(26,27)22-11-7-6-10-21(22)23(25)24-19-12-14-20(15-13-19)28-16-18-8-4-3-5-9-18/h3-15,17H,16H2,1-2H3,(H,24,25). The molecule has 3 rings (SSSR count). The van der Waals surface area contributed by atoms with Gasteiger partial charge >= 0.3 is 0 Å². The lowest BCUT2D eigenvalue weighted by molar-refractivity contribution is 0.102. The van der Waals surface area contributed by atoms with Crippen LogP contribution in [-0.2, 0) is 16.4 Å². The van der Waals surface area contributed by atoms with Crippen molar-refractivity contribution in [3.63, 3.8) is 0 Å². The van der Waals surface area contributed by atoms with Crippen molar-refractivity contribution < 1.29 is 17.9 Å². The molecule has 0 saturated carbocycles. The number of carbonyl (C=O) groups is 1. The number of ether oxygens (including phenoxy) is 1. The van der Waals surface area contributed by atoms with Gasteiger partial charge in [0.25, 0.3) is 5.91 Å². The molecule has 0 fully saturated rings. The molecule has 0 aliphatic heterocycles. The first-order chi connectivity index (χ1) is 13.9. The van der Waals surface area contributed by atoms with E-state index in [1.807, 2.05) is 30.3 Å². The predicted octanol–water partition coefficient (Wildman–Crippen LogP) is 4.70. The highest BCUT2D eigenvalue weighted by Crippen LogP contribution is 2.23. The van der Waals surface area contributed by atoms with Gasteiger partial charge in [-0.05, 0) is 55.8 Å². The van der Waals surface area contributed by atoms with E-state index in [2.05, 4.69) is 5.32 Å². The largest absolute Gasteiger partial charge is 0.489 e. The average Bonchev–Trinajstić information content (AvgIpc) is 2.74. The second-order valence-electron chi connectivity index (χ2n) is 6.84. The van der Waals surface area contributed by atoms with Gasteiger partial charge in [0, 0.05) is 5.69 Å². The van der Waals surface area contributed by atoms with Crippen molar-refractivity contribution in [2.45, 2.75) is 30.6 Å². The lowest BCUT2D eigenvalue weighted by atomic mass is 10.2. The van der Waals surface area contributed by atoms with E-state index >= 15 is 0 Å². The summed E-state index contributed by atoms with van der Waals surface area (Å²) in [5, 5.41) is 2.14. The number of benzene rings is 3. The molecule has 3 aromatic rings. The van der Waals surface area contributed by atoms with E-state index in [-0.39, 0.29) is 10.5 Å². The second-order valence-corrected chi connectivity index (χ2v) is 9.32. The van der Waals surface area contributed by atoms with Crippen LogP contribution in [0.4, 0.5) is 5.69 Å². The highest BCUT2D eigenvalue weighted by atomic mass is 32.2. The fraction of sp³-hybridized carbons (Fsp3) is 0.174. The zero-order valence-electron chi connectivity index (χ0n) is 16.3. The van der Waals surface area contributed by atoms with Crippen LogP contribution in [0.15, 0.2) is 83.8 Å². The Labute approximate surface area is 171 Å². The Morgan fingerprint density at radius 2 is 1.52 bits per heavy atom. The van der Waals surface area contributed by atoms with Crippen molar-refractivity contribution in [1.29, 1.82) is 0 Å². The third-order valence-electron chi connectivity index (χ3n) is 4.42. The molecule has 0 aliphatic rings. The number of sulfone groups is 1. The monoisotopic (exact) mass is 409 g/mol. The van der Waals surface area contributed by atoms with Crippen LogP contribution in [0.5, 0.6) is 5.75 Å². The molecule has 0 saturated heterocycles. The Morgan fingerprint density at radius 1 is 0.897 bits per heavy atom. The van der Waals surface area contributed by atoms with E-state index in [1.165, 1.54) is 12.1 Å². The van der Waals surface area contributed by atoms with Gasteiger partial charge in [0.05, 0.1) is 15.7 Å². The van der Waals surface area contributed by atoms with E-state index in [4.69, 9.17) is 4.74 Å². The maximum atomic E-state index is 12.7. The van der Waals surface area contributed by atoms with Gasteiger partial charge in [0.1, 0.15) is 12.4 Å². The summed E-state index contributed by atoms with van der Waals surface area (Å²) in [6, 6.07) is 23.0. The van der Waals surface area contributed by atoms with Crippen LogP contribution >= 0.6 is 0 Å². The minimum absolute atomic E-state index is 0.0373. The molecule has 0 aliphatic carbocycles. The third-order valence-corrected chi connectivity index (χ3v) is 6.63. The Morgan fingerprint density at radius 3 is 2.17 bits per heavy atom. The van der Waals surface area contributed by atoms with E-state index in [1.54, 1.807) is 50.2 Å². The first-order valence-corrected chi connectivity index (χ1v) is 10.8. The summed E-state index contributed by atoms with van der Waals surface area (Å²) in [6.45, 7) is 3.64. The highest BCUT2D eigenvalue weighted by molar-refractivity contribution is 7.92. The van der Waals surface area contributed by atoms with E-state index in [0.29, 0.717) is 18.0 Å². The number of carbonyl (C=O) groups excluding carboxylic acids is 1. The lowest BCUT2D eigenvalue weighted by Gasteiger charge is -2.13. The van der Waals surface area contributed by atoms with Gasteiger partial charge in [0.2, 0.25) is 0 Å². The molecule has 29 heavy (non-hydrogen) atoms. The Bertz CT molecular complexity index is 1080. The molecule has 0 spiro atoms. The lowest BCUT2D eigenvalue weighted by Crippen LogP contribution is -2.20. The Kier molecular flexibility index (Phi) is 6.34. The van der Waals surface area contributed by atoms with Crippen molar-refractivity contribution >= 4 is 21.4 Å². The average molecular weight is 410 g/mol. The van der Waals surface area contributed by atoms with Crippen LogP contribution in [0.3, 0.4) is 0 Å². The van der Waals surface area contributed by atoms with Gasteiger partial charge in [0.15, 0.2) is 9.84 Å². The molecular formula is C23H23NO4S. The van der Waals surface area contributed by atoms with Gasteiger partial charge in [-0.25, -0.2) is 8.42 Å². The molecule has 3 aromatic carbocycles. The van der Waals surface area contributed by atoms with Gasteiger partial charge in [-0.15, -0.1) is 0 Å². The smallest absolute Gasteiger partial charge is 0.256 e. The molecule has 0 bridgehead atoms. The van der Waals surface area contributed by atoms with Crippen LogP contribution in [0.2, 0.25) is 0 Å². The summed E-state index contributed by atoms with van der Waals surface area (Å²) >= 11 is 0. The first kappa shape index (κ1) is 20.6. The molecular weight excluding hydrogens is 386 g/mol. The van der Waals surface area contributed by atoms with Crippen LogP contribution < -0.4 is 10.1 Å². The topological polar surface area (TPSA) is 72.5 Å². The molecule has 0 radical (unpaired) electrons. The number of amides is 1. The number of nitrogens with one attached hydrogen (secondary N) is 1. The van der Waals surface area contributed by atoms with Gasteiger partial charge in [-0.1, -0.05) is 42.5 Å². The van der Waals surface area contributed by atoms with E-state index < -0.39 is 21.0 Å². The molecule has 0 heterocycles. The normalized spacial score (nSPS) is 11.3. The molecule has 150 valence electrons. The summed E-state index contributed by atoms with van der Waals surface area (Å²) < 4.78 is 30.8. The number of hydrogen-bond donors (Lipinski definition) is 1. The van der Waals surface area contributed by atoms with Gasteiger partial charge < -0.3 is 10.1 Å². The summed E-state index contributed by atoms with van der Waals surface area (Å²) in [5.41, 5.74) is 1.75. The van der Waals surface area contributed by atoms with Crippen molar-refractivity contribution in [2.75, 3.05) is 5.32 Å². The molecule has 1 amide bonds. The van der Waals surface area contributed by atoms with Gasteiger partial charge in [-0.3, -0.25) is 4.79 Å². The molecule has 1 N–H and O–H groups in total. The SMILES string of the molecule is CC(C)S(=O)(=O)c1ccccc1C(=O)Nc1ccc(OCc2ccccc2)cc1. The van der Waals surface area contributed by atoms with Crippen LogP contribution in [0.1, 0.15) is 29.8 Å². The number of anilines is 1. The summed E-state index contributed by atoms with van der Waals surface area (Å²) in [6.07, 6.45) is 0. The first-order valence-electron chi connectivity index (χ1n) is 9.29. The van der Waals surface area contributed by atoms with Gasteiger partial charge in [-0.2, -0.15) is 0 Å². The Balaban J connectivity index is 1.70. The minimum atomic E-state index is -3.57. The summed E-state index contributed by atoms with van der Waals surface area (Å²) in [4.78, 5) is 12.7. The molecule has 6 heteroatoms. The zero-order valence-corrected chi connectivity index (χ0v) is 17.1. The summed E-state index contributed by atoms with van der Waals surface area (Å²) in [5.74, 6) is 0.206. The van der Waals surface area contributed by atoms with E-state index in [0.717, 1.165) is 5.56 Å². The molecule has 5 nitrogen and oxygen atoms in total. The maximum absolute atomic E-state index is 12.7. The minimum Gasteiger partial charge on any atom is -0.489 e. The quantitative estimate of drug-likeness (QED) is 0.614. The summed E-state index contributed by atoms with van der Waals surface area (Å²) in [7, 11) is -3.57. The fourth-order valence-electron chi connectivity index (χ4n) is 2.73. The van der Waals surface area contributed by atoms with Crippen LogP contribution in [0, 0.1) is 0 Å². The van der Waals surface area contributed by atoms with Crippen LogP contribution in [-0.4, -0.2) is 19.6 Å². The van der Waals surface area contributed by atoms with Crippen molar-refractivity contribution in [3.8, 4) is 5.75 Å². The molecule has 0 aromatic heterocycles. The Hall–Kier alpha value is -3.12. The zero-order chi connectivity index (χ0) is 20.9. The van der Waals surface area contributed by atoms with E-state index in [9.17, 15) is 13.2 Å². The maximum Gasteiger partial charge on any atom is 0.256 e. The second kappa shape index (κ2) is 8.92. The van der Waals surface area contributed by atoms with Crippen molar-refractivity contribution in [2.24, 2.45) is 0 Å². The fourth-order valence-corrected chi connectivity index (χ4v) is 3.97. The van der Waals surface area contributed by atoms with Crippen LogP contribution in [0.25, 0.3) is 0 Å². The molecule has 0 atom stereocenters. The number of hydrogen-bond acceptors (Lipinski definition) is 4. The predicted molar refractivity (Wildman–Crippen MR) is 114 cm³/mol. The van der Waals surface area contributed by atoms with Crippen molar-refractivity contribution in [3.05, 3.63) is 90.0 Å². The third kappa shape index (κ3) is 5.03. The van der Waals surface area contributed by atoms with Crippen molar-refractivity contribution in [1.82, 2.24) is 0 Å². The molecule has 0 unspecified atom stereocenters.